The third kappa shape index (κ3) is 5.20. The molecule has 1 heterocycles. The Kier molecular flexibility index (Phi) is 7.49. The van der Waals surface area contributed by atoms with Gasteiger partial charge in [-0.3, -0.25) is 24.6 Å². The van der Waals surface area contributed by atoms with Crippen molar-refractivity contribution in [3.05, 3.63) is 57.5 Å². The first-order valence-electron chi connectivity index (χ1n) is 9.41. The average molecular weight is 402 g/mol. The maximum absolute atomic E-state index is 12.4. The van der Waals surface area contributed by atoms with Gasteiger partial charge in [0.05, 0.1) is 28.5 Å². The number of benzene rings is 1. The Morgan fingerprint density at radius 3 is 2.41 bits per heavy atom. The molecule has 1 aromatic heterocycles. The molecule has 0 bridgehead atoms. The van der Waals surface area contributed by atoms with Gasteiger partial charge in [-0.1, -0.05) is 19.9 Å². The number of rotatable bonds is 8. The predicted molar refractivity (Wildman–Crippen MR) is 109 cm³/mol. The van der Waals surface area contributed by atoms with E-state index in [0.29, 0.717) is 16.9 Å². The smallest absolute Gasteiger partial charge is 0.313 e. The maximum atomic E-state index is 12.4. The number of hydrogen-bond acceptors (Lipinski definition) is 6. The van der Waals surface area contributed by atoms with Crippen molar-refractivity contribution in [1.82, 2.24) is 10.2 Å². The second-order valence-electron chi connectivity index (χ2n) is 6.58. The lowest BCUT2D eigenvalue weighted by Crippen LogP contribution is -2.42. The molecule has 2 aromatic rings. The van der Waals surface area contributed by atoms with Crippen LogP contribution < -0.4 is 10.6 Å². The van der Waals surface area contributed by atoms with Crippen LogP contribution >= 0.6 is 0 Å². The number of carbonyl (C=O) groups excluding carboxylic acids is 2. The molecule has 0 aliphatic rings. The zero-order valence-corrected chi connectivity index (χ0v) is 17.0. The summed E-state index contributed by atoms with van der Waals surface area (Å²) < 4.78 is 5.48. The molecule has 0 spiro atoms. The monoisotopic (exact) mass is 402 g/mol. The second-order valence-corrected chi connectivity index (χ2v) is 6.58. The quantitative estimate of drug-likeness (QED) is 0.398. The Balaban J connectivity index is 2.10. The topological polar surface area (TPSA) is 118 Å². The molecule has 2 rings (SSSR count). The molecule has 0 fully saturated rings. The average Bonchev–Trinajstić information content (AvgIpc) is 3.22. The first-order chi connectivity index (χ1) is 13.8. The predicted octanol–water partition coefficient (Wildman–Crippen LogP) is 2.94. The Labute approximate surface area is 169 Å². The van der Waals surface area contributed by atoms with Gasteiger partial charge in [0.25, 0.3) is 5.69 Å². The fourth-order valence-electron chi connectivity index (χ4n) is 3.22. The van der Waals surface area contributed by atoms with Crippen LogP contribution in [0.25, 0.3) is 0 Å². The van der Waals surface area contributed by atoms with Crippen molar-refractivity contribution in [3.63, 3.8) is 0 Å². The SMILES string of the molecule is CCN(CC)C(CNC(=O)C(=O)Nc1c(C)ccc([N+](=O)[O-])c1C)c1ccco1. The first kappa shape index (κ1) is 22.1. The summed E-state index contributed by atoms with van der Waals surface area (Å²) in [5.41, 5.74) is 1.08. The molecule has 0 radical (unpaired) electrons. The van der Waals surface area contributed by atoms with Gasteiger partial charge >= 0.3 is 11.8 Å². The highest BCUT2D eigenvalue weighted by atomic mass is 16.6. The number of nitro benzene ring substituents is 1. The first-order valence-corrected chi connectivity index (χ1v) is 9.41. The lowest BCUT2D eigenvalue weighted by molar-refractivity contribution is -0.385. The lowest BCUT2D eigenvalue weighted by Gasteiger charge is -2.28. The van der Waals surface area contributed by atoms with Gasteiger partial charge in [-0.15, -0.1) is 0 Å². The van der Waals surface area contributed by atoms with E-state index in [1.54, 1.807) is 19.3 Å². The van der Waals surface area contributed by atoms with Gasteiger partial charge in [-0.2, -0.15) is 0 Å². The van der Waals surface area contributed by atoms with Gasteiger partial charge in [0.1, 0.15) is 5.76 Å². The Bertz CT molecular complexity index is 875. The number of aryl methyl sites for hydroxylation is 1. The summed E-state index contributed by atoms with van der Waals surface area (Å²) in [5.74, 6) is -1.01. The van der Waals surface area contributed by atoms with Gasteiger partial charge in [0.2, 0.25) is 0 Å². The molecular formula is C20H26N4O5. The summed E-state index contributed by atoms with van der Waals surface area (Å²) >= 11 is 0. The standard InChI is InChI=1S/C20H26N4O5/c1-5-23(6-2)16(17-8-7-11-29-17)12-21-19(25)20(26)22-18-13(3)9-10-15(14(18)4)24(27)28/h7-11,16H,5-6,12H2,1-4H3,(H,21,25)(H,22,26). The summed E-state index contributed by atoms with van der Waals surface area (Å²) in [6.07, 6.45) is 1.56. The van der Waals surface area contributed by atoms with E-state index in [9.17, 15) is 19.7 Å². The lowest BCUT2D eigenvalue weighted by atomic mass is 10.1. The number of hydrogen-bond donors (Lipinski definition) is 2. The minimum absolute atomic E-state index is 0.120. The van der Waals surface area contributed by atoms with E-state index in [0.717, 1.165) is 13.1 Å². The number of nitrogens with zero attached hydrogens (tertiary/aromatic N) is 2. The van der Waals surface area contributed by atoms with E-state index >= 15 is 0 Å². The molecule has 0 aliphatic carbocycles. The molecule has 0 aliphatic heterocycles. The summed E-state index contributed by atoms with van der Waals surface area (Å²) in [6.45, 7) is 8.92. The van der Waals surface area contributed by atoms with Crippen LogP contribution in [0, 0.1) is 24.0 Å². The van der Waals surface area contributed by atoms with Crippen LogP contribution in [0.1, 0.15) is 36.8 Å². The van der Waals surface area contributed by atoms with Crippen LogP contribution in [0.2, 0.25) is 0 Å². The van der Waals surface area contributed by atoms with E-state index in [1.807, 2.05) is 19.9 Å². The van der Waals surface area contributed by atoms with Gasteiger partial charge in [0, 0.05) is 12.6 Å². The van der Waals surface area contributed by atoms with Crippen LogP contribution in [-0.4, -0.2) is 41.3 Å². The largest absolute Gasteiger partial charge is 0.468 e. The molecule has 2 N–H and O–H groups in total. The van der Waals surface area contributed by atoms with E-state index in [2.05, 4.69) is 15.5 Å². The van der Waals surface area contributed by atoms with Crippen LogP contribution in [0.4, 0.5) is 11.4 Å². The van der Waals surface area contributed by atoms with Crippen molar-refractivity contribution in [2.24, 2.45) is 0 Å². The highest BCUT2D eigenvalue weighted by Gasteiger charge is 2.24. The van der Waals surface area contributed by atoms with Crippen molar-refractivity contribution < 1.29 is 18.9 Å². The van der Waals surface area contributed by atoms with Gasteiger partial charge < -0.3 is 15.1 Å². The molecule has 1 atom stereocenters. The molecule has 1 unspecified atom stereocenters. The molecule has 9 nitrogen and oxygen atoms in total. The number of likely N-dealkylation sites (N-methyl/N-ethyl adjacent to an activating group) is 1. The van der Waals surface area contributed by atoms with E-state index < -0.39 is 16.7 Å². The number of anilines is 1. The third-order valence-corrected chi connectivity index (χ3v) is 4.87. The highest BCUT2D eigenvalue weighted by molar-refractivity contribution is 6.39. The maximum Gasteiger partial charge on any atom is 0.313 e. The van der Waals surface area contributed by atoms with Crippen LogP contribution in [0.15, 0.2) is 34.9 Å². The van der Waals surface area contributed by atoms with Crippen molar-refractivity contribution >= 4 is 23.2 Å². The van der Waals surface area contributed by atoms with Crippen LogP contribution in [0.5, 0.6) is 0 Å². The summed E-state index contributed by atoms with van der Waals surface area (Å²) in [7, 11) is 0. The van der Waals surface area contributed by atoms with E-state index in [-0.39, 0.29) is 24.0 Å². The number of furan rings is 1. The third-order valence-electron chi connectivity index (χ3n) is 4.87. The summed E-state index contributed by atoms with van der Waals surface area (Å²) in [5, 5.41) is 16.2. The molecule has 156 valence electrons. The molecule has 9 heteroatoms. The zero-order chi connectivity index (χ0) is 21.6. The van der Waals surface area contributed by atoms with E-state index in [4.69, 9.17) is 4.42 Å². The number of nitro groups is 1. The highest BCUT2D eigenvalue weighted by Crippen LogP contribution is 2.28. The van der Waals surface area contributed by atoms with Gasteiger partial charge in [0.15, 0.2) is 0 Å². The Hall–Kier alpha value is -3.20. The van der Waals surface area contributed by atoms with Gasteiger partial charge in [-0.05, 0) is 44.6 Å². The molecule has 0 saturated carbocycles. The van der Waals surface area contributed by atoms with E-state index in [1.165, 1.54) is 19.1 Å². The van der Waals surface area contributed by atoms with Crippen LogP contribution in [0.3, 0.4) is 0 Å². The van der Waals surface area contributed by atoms with Gasteiger partial charge in [-0.25, -0.2) is 0 Å². The zero-order valence-electron chi connectivity index (χ0n) is 17.0. The van der Waals surface area contributed by atoms with Crippen molar-refractivity contribution in [2.75, 3.05) is 25.0 Å². The van der Waals surface area contributed by atoms with Crippen molar-refractivity contribution in [1.29, 1.82) is 0 Å². The second kappa shape index (κ2) is 9.83. The molecular weight excluding hydrogens is 376 g/mol. The summed E-state index contributed by atoms with van der Waals surface area (Å²) in [6, 6.07) is 6.29. The fraction of sp³-hybridized carbons (Fsp3) is 0.400. The number of carbonyl (C=O) groups is 2. The minimum Gasteiger partial charge on any atom is -0.468 e. The van der Waals surface area contributed by atoms with Crippen LogP contribution in [-0.2, 0) is 9.59 Å². The Morgan fingerprint density at radius 1 is 1.17 bits per heavy atom. The number of nitrogens with one attached hydrogen (secondary N) is 2. The number of amides is 2. The van der Waals surface area contributed by atoms with Crippen molar-refractivity contribution in [2.45, 2.75) is 33.7 Å². The fourth-order valence-corrected chi connectivity index (χ4v) is 3.22. The molecule has 0 saturated heterocycles. The Morgan fingerprint density at radius 2 is 1.86 bits per heavy atom. The molecule has 29 heavy (non-hydrogen) atoms. The summed E-state index contributed by atoms with van der Waals surface area (Å²) in [4.78, 5) is 37.4. The minimum atomic E-state index is -0.880. The normalized spacial score (nSPS) is 11.9. The molecule has 1 aromatic carbocycles. The molecule has 2 amide bonds. The van der Waals surface area contributed by atoms with Crippen molar-refractivity contribution in [3.8, 4) is 0 Å².